The smallest absolute Gasteiger partial charge is 0.135 e. The molecule has 4 N–H and O–H groups in total. The number of aliphatic hydroxyl groups excluding tert-OH is 1. The minimum Gasteiger partial charge on any atom is -0.509 e. The third kappa shape index (κ3) is 10.6. The summed E-state index contributed by atoms with van der Waals surface area (Å²) in [6, 6.07) is 35.3. The van der Waals surface area contributed by atoms with Crippen LogP contribution < -0.4 is 11.1 Å². The fraction of sp³-hybridized carbons (Fsp3) is 0.143. The molecular weight excluding hydrogens is 609 g/mol. The van der Waals surface area contributed by atoms with Crippen molar-refractivity contribution in [2.75, 3.05) is 11.1 Å². The third-order valence-electron chi connectivity index (χ3n) is 7.02. The molecule has 0 saturated heterocycles. The number of amidine groups is 1. The highest BCUT2D eigenvalue weighted by atomic mass is 32.2. The molecule has 0 radical (unpaired) electrons. The number of aliphatic imine (C=N–C) groups is 1. The van der Waals surface area contributed by atoms with Gasteiger partial charge in [0, 0.05) is 39.0 Å². The van der Waals surface area contributed by atoms with E-state index >= 15 is 0 Å². The minimum absolute atomic E-state index is 0.0555. The van der Waals surface area contributed by atoms with Crippen molar-refractivity contribution in [3.8, 4) is 0 Å². The number of fused-ring (bicyclic) bond motifs is 3. The van der Waals surface area contributed by atoms with E-state index in [2.05, 4.69) is 91.3 Å². The molecule has 5 aromatic rings. The first-order valence-electron chi connectivity index (χ1n) is 16.0. The first kappa shape index (κ1) is 37.1. The van der Waals surface area contributed by atoms with Gasteiger partial charge in [0.1, 0.15) is 17.6 Å². The van der Waals surface area contributed by atoms with Crippen LogP contribution in [0.5, 0.6) is 0 Å². The zero-order chi connectivity index (χ0) is 34.7. The van der Waals surface area contributed by atoms with Crippen LogP contribution in [0.2, 0.25) is 0 Å². The summed E-state index contributed by atoms with van der Waals surface area (Å²) in [5.41, 5.74) is 12.3. The molecule has 0 fully saturated rings. The molecule has 48 heavy (non-hydrogen) atoms. The standard InChI is InChI=1S/C30H24N4S.C6H8O.C4H8.C2H6/c31-26-12-6-7-13-27(26)35-19-23-16-14-22(18-32-23)30-33-28(21-9-2-1-3-10-21)25-17-15-20-8-4-5-11-24(20)29(25)34-30;1-3-4-5-6(2)7;1-3-4-2;1-2/h1-18,28H,19,31H2,(H,33,34);3-5,7H,1-2H2;3-4H,1-2H3;1-2H3/b;5-4-;4-3-;. The Morgan fingerprint density at radius 2 is 1.58 bits per heavy atom. The number of nitrogens with two attached hydrogens (primary N) is 1. The molecule has 0 bridgehead atoms. The first-order chi connectivity index (χ1) is 23.4. The van der Waals surface area contributed by atoms with Crippen molar-refractivity contribution in [2.45, 2.75) is 44.4 Å². The Balaban J connectivity index is 0.000000414. The van der Waals surface area contributed by atoms with E-state index in [-0.39, 0.29) is 11.8 Å². The molecule has 0 amide bonds. The Hall–Kier alpha value is -5.33. The van der Waals surface area contributed by atoms with Gasteiger partial charge in [-0.3, -0.25) is 9.98 Å². The second-order valence-corrected chi connectivity index (χ2v) is 11.3. The van der Waals surface area contributed by atoms with Gasteiger partial charge in [-0.2, -0.15) is 0 Å². The Morgan fingerprint density at radius 3 is 2.21 bits per heavy atom. The summed E-state index contributed by atoms with van der Waals surface area (Å²) in [6.07, 6.45) is 10.6. The summed E-state index contributed by atoms with van der Waals surface area (Å²) in [6.45, 7) is 14.6. The molecule has 1 aliphatic heterocycles. The number of thioether (sulfide) groups is 1. The number of nitrogens with zero attached hydrogens (tertiary/aromatic N) is 2. The molecule has 5 nitrogen and oxygen atoms in total. The van der Waals surface area contributed by atoms with Crippen LogP contribution in [-0.4, -0.2) is 15.9 Å². The van der Waals surface area contributed by atoms with Gasteiger partial charge in [-0.25, -0.2) is 0 Å². The summed E-state index contributed by atoms with van der Waals surface area (Å²) < 4.78 is 0. The molecule has 4 aromatic carbocycles. The quantitative estimate of drug-likeness (QED) is 0.0535. The van der Waals surface area contributed by atoms with E-state index in [1.165, 1.54) is 28.0 Å². The molecule has 6 heteroatoms. The number of aliphatic hydroxyl groups is 1. The van der Waals surface area contributed by atoms with E-state index in [1.54, 1.807) is 23.9 Å². The lowest BCUT2D eigenvalue weighted by atomic mass is 9.92. The number of benzene rings is 4. The highest BCUT2D eigenvalue weighted by Crippen LogP contribution is 2.40. The second-order valence-electron chi connectivity index (χ2n) is 10.3. The van der Waals surface area contributed by atoms with Crippen LogP contribution in [-0.2, 0) is 5.75 Å². The highest BCUT2D eigenvalue weighted by molar-refractivity contribution is 7.98. The van der Waals surface area contributed by atoms with Crippen molar-refractivity contribution in [3.63, 3.8) is 0 Å². The van der Waals surface area contributed by atoms with E-state index in [0.29, 0.717) is 0 Å². The first-order valence-corrected chi connectivity index (χ1v) is 17.0. The van der Waals surface area contributed by atoms with Crippen molar-refractivity contribution >= 4 is 39.7 Å². The van der Waals surface area contributed by atoms with Gasteiger partial charge in [-0.05, 0) is 55.1 Å². The van der Waals surface area contributed by atoms with Crippen molar-refractivity contribution in [1.29, 1.82) is 0 Å². The number of hydrogen-bond acceptors (Lipinski definition) is 6. The Bertz CT molecular complexity index is 1840. The Labute approximate surface area is 290 Å². The zero-order valence-corrected chi connectivity index (χ0v) is 29.1. The molecule has 6 rings (SSSR count). The average Bonchev–Trinajstić information content (AvgIpc) is 3.15. The molecular formula is C42H46N4OS. The molecule has 1 unspecified atom stereocenters. The fourth-order valence-corrected chi connectivity index (χ4v) is 5.52. The number of nitrogens with one attached hydrogen (secondary N) is 1. The number of pyridine rings is 1. The summed E-state index contributed by atoms with van der Waals surface area (Å²) >= 11 is 1.70. The minimum atomic E-state index is -0.0802. The Morgan fingerprint density at radius 1 is 0.896 bits per heavy atom. The van der Waals surface area contributed by atoms with Gasteiger partial charge >= 0.3 is 0 Å². The predicted molar refractivity (Wildman–Crippen MR) is 210 cm³/mol. The summed E-state index contributed by atoms with van der Waals surface area (Å²) in [7, 11) is 0. The van der Waals surface area contributed by atoms with Gasteiger partial charge in [-0.1, -0.05) is 130 Å². The molecule has 0 spiro atoms. The maximum atomic E-state index is 8.35. The van der Waals surface area contributed by atoms with Gasteiger partial charge in [0.25, 0.3) is 0 Å². The lowest BCUT2D eigenvalue weighted by Gasteiger charge is -2.27. The van der Waals surface area contributed by atoms with Crippen LogP contribution in [0.1, 0.15) is 56.1 Å². The molecule has 0 aliphatic carbocycles. The lowest BCUT2D eigenvalue weighted by Crippen LogP contribution is -2.22. The van der Waals surface area contributed by atoms with Crippen LogP contribution in [0, 0.1) is 0 Å². The van der Waals surface area contributed by atoms with Crippen molar-refractivity contribution < 1.29 is 5.11 Å². The van der Waals surface area contributed by atoms with Crippen LogP contribution in [0.4, 0.5) is 11.4 Å². The normalized spacial score (nSPS) is 13.0. The van der Waals surface area contributed by atoms with Crippen LogP contribution in [0.3, 0.4) is 0 Å². The second kappa shape index (κ2) is 20.0. The molecule has 1 aliphatic rings. The van der Waals surface area contributed by atoms with E-state index in [0.717, 1.165) is 39.1 Å². The lowest BCUT2D eigenvalue weighted by molar-refractivity contribution is 0.435. The molecule has 1 aromatic heterocycles. The van der Waals surface area contributed by atoms with Gasteiger partial charge in [0.2, 0.25) is 0 Å². The van der Waals surface area contributed by atoms with Crippen LogP contribution >= 0.6 is 11.8 Å². The maximum absolute atomic E-state index is 8.35. The molecule has 246 valence electrons. The summed E-state index contributed by atoms with van der Waals surface area (Å²) in [5, 5.41) is 14.4. The van der Waals surface area contributed by atoms with Crippen LogP contribution in [0.25, 0.3) is 10.8 Å². The third-order valence-corrected chi connectivity index (χ3v) is 8.15. The number of nitrogen functional groups attached to an aromatic ring is 1. The number of anilines is 2. The van der Waals surface area contributed by atoms with Crippen molar-refractivity contribution in [3.05, 3.63) is 181 Å². The van der Waals surface area contributed by atoms with Crippen molar-refractivity contribution in [1.82, 2.24) is 4.98 Å². The van der Waals surface area contributed by atoms with E-state index in [1.807, 2.05) is 76.4 Å². The number of hydrogen-bond donors (Lipinski definition) is 3. The largest absolute Gasteiger partial charge is 0.509 e. The maximum Gasteiger partial charge on any atom is 0.135 e. The molecule has 2 heterocycles. The summed E-state index contributed by atoms with van der Waals surface area (Å²) in [4.78, 5) is 11.0. The van der Waals surface area contributed by atoms with Crippen LogP contribution in [0.15, 0.2) is 169 Å². The molecule has 0 saturated carbocycles. The zero-order valence-electron chi connectivity index (χ0n) is 28.3. The van der Waals surface area contributed by atoms with E-state index in [4.69, 9.17) is 20.8 Å². The van der Waals surface area contributed by atoms with Crippen molar-refractivity contribution in [2.24, 2.45) is 4.99 Å². The van der Waals surface area contributed by atoms with Gasteiger partial charge in [0.15, 0.2) is 0 Å². The van der Waals surface area contributed by atoms with E-state index < -0.39 is 0 Å². The predicted octanol–water partition coefficient (Wildman–Crippen LogP) is 11.5. The number of para-hydroxylation sites is 1. The Kier molecular flexibility index (Phi) is 15.5. The topological polar surface area (TPSA) is 83.5 Å². The van der Waals surface area contributed by atoms with E-state index in [9.17, 15) is 0 Å². The summed E-state index contributed by atoms with van der Waals surface area (Å²) in [5.74, 6) is 1.65. The number of rotatable bonds is 7. The van der Waals surface area contributed by atoms with Gasteiger partial charge < -0.3 is 16.2 Å². The highest BCUT2D eigenvalue weighted by Gasteiger charge is 2.25. The fourth-order valence-electron chi connectivity index (χ4n) is 4.63. The number of allylic oxidation sites excluding steroid dienone is 5. The van der Waals surface area contributed by atoms with Gasteiger partial charge in [-0.15, -0.1) is 11.8 Å². The van der Waals surface area contributed by atoms with Gasteiger partial charge in [0.05, 0.1) is 11.4 Å². The average molecular weight is 655 g/mol. The monoisotopic (exact) mass is 654 g/mol. The number of aromatic nitrogens is 1. The SMILES string of the molecule is C/C=C\C.C=C/C=C\C(=C)O.CC.Nc1ccccc1SCc1ccc(C2=NC(c3ccccc3)c3ccc4ccccc4c3N2)cn1. The molecule has 1 atom stereocenters.